The van der Waals surface area contributed by atoms with Crippen molar-refractivity contribution in [2.24, 2.45) is 12.8 Å². The summed E-state index contributed by atoms with van der Waals surface area (Å²) in [6.07, 6.45) is 0. The van der Waals surface area contributed by atoms with Crippen LogP contribution in [0.3, 0.4) is 0 Å². The first-order valence-electron chi connectivity index (χ1n) is 7.21. The van der Waals surface area contributed by atoms with Crippen LogP contribution < -0.4 is 5.73 Å². The number of aromatic nitrogens is 2. The Morgan fingerprint density at radius 2 is 1.82 bits per heavy atom. The molecule has 22 heavy (non-hydrogen) atoms. The van der Waals surface area contributed by atoms with E-state index in [-0.39, 0.29) is 16.9 Å². The van der Waals surface area contributed by atoms with E-state index in [2.05, 4.69) is 5.10 Å². The summed E-state index contributed by atoms with van der Waals surface area (Å²) >= 11 is 0. The second kappa shape index (κ2) is 5.85. The molecule has 5 nitrogen and oxygen atoms in total. The lowest BCUT2D eigenvalue weighted by Crippen LogP contribution is -2.24. The molecular formula is C16H23N3O2S. The van der Waals surface area contributed by atoms with Crippen LogP contribution >= 0.6 is 0 Å². The summed E-state index contributed by atoms with van der Waals surface area (Å²) in [7, 11) is -1.79. The fraction of sp³-hybridized carbons (Fsp3) is 0.438. The van der Waals surface area contributed by atoms with Crippen molar-refractivity contribution >= 4 is 9.84 Å². The predicted octanol–water partition coefficient (Wildman–Crippen LogP) is 2.19. The molecule has 1 atom stereocenters. The van der Waals surface area contributed by atoms with E-state index in [1.807, 2.05) is 26.8 Å². The van der Waals surface area contributed by atoms with Crippen LogP contribution in [0.1, 0.15) is 37.4 Å². The molecule has 1 heterocycles. The Kier molecular flexibility index (Phi) is 4.44. The van der Waals surface area contributed by atoms with Gasteiger partial charge in [0.25, 0.3) is 0 Å². The summed E-state index contributed by atoms with van der Waals surface area (Å²) in [4.78, 5) is 0.281. The molecule has 2 rings (SSSR count). The first kappa shape index (κ1) is 16.7. The van der Waals surface area contributed by atoms with Crippen LogP contribution in [0.4, 0.5) is 0 Å². The lowest BCUT2D eigenvalue weighted by Gasteiger charge is -2.16. The zero-order valence-electron chi connectivity index (χ0n) is 13.4. The van der Waals surface area contributed by atoms with Crippen molar-refractivity contribution in [2.75, 3.05) is 6.54 Å². The highest BCUT2D eigenvalue weighted by Crippen LogP contribution is 2.30. The minimum absolute atomic E-state index is 0.0142. The molecule has 120 valence electrons. The summed E-state index contributed by atoms with van der Waals surface area (Å²) in [6.45, 7) is 6.15. The third kappa shape index (κ3) is 3.08. The van der Waals surface area contributed by atoms with Gasteiger partial charge in [0.05, 0.1) is 16.3 Å². The fourth-order valence-corrected chi connectivity index (χ4v) is 3.99. The van der Waals surface area contributed by atoms with Crippen LogP contribution in [0.5, 0.6) is 0 Å². The molecule has 0 saturated carbocycles. The molecule has 1 unspecified atom stereocenters. The smallest absolute Gasteiger partial charge is 0.188 e. The zero-order valence-corrected chi connectivity index (χ0v) is 14.3. The number of hydrogen-bond acceptors (Lipinski definition) is 4. The van der Waals surface area contributed by atoms with Crippen LogP contribution in [-0.4, -0.2) is 24.7 Å². The Hall–Kier alpha value is -1.66. The summed E-state index contributed by atoms with van der Waals surface area (Å²) in [6, 6.07) is 10.3. The topological polar surface area (TPSA) is 78.0 Å². The van der Waals surface area contributed by atoms with Crippen LogP contribution in [-0.2, 0) is 22.3 Å². The summed E-state index contributed by atoms with van der Waals surface area (Å²) in [5.74, 6) is 0. The van der Waals surface area contributed by atoms with Crippen molar-refractivity contribution in [1.29, 1.82) is 0 Å². The Bertz CT molecular complexity index is 743. The van der Waals surface area contributed by atoms with E-state index in [4.69, 9.17) is 5.73 Å². The molecule has 6 heteroatoms. The minimum atomic E-state index is -3.54. The molecule has 2 N–H and O–H groups in total. The predicted molar refractivity (Wildman–Crippen MR) is 87.3 cm³/mol. The van der Waals surface area contributed by atoms with Gasteiger partial charge in [0, 0.05) is 19.0 Å². The standard InChI is InChI=1S/C16H23N3O2S/c1-16(2,3)15-10-13(19(4)18-15)14(11-17)22(20,21)12-8-6-5-7-9-12/h5-10,14H,11,17H2,1-4H3. The van der Waals surface area contributed by atoms with E-state index in [1.165, 1.54) is 0 Å². The normalized spacial score (nSPS) is 14.0. The van der Waals surface area contributed by atoms with E-state index in [1.54, 1.807) is 42.1 Å². The van der Waals surface area contributed by atoms with E-state index in [0.717, 1.165) is 5.69 Å². The van der Waals surface area contributed by atoms with Crippen molar-refractivity contribution in [2.45, 2.75) is 36.3 Å². The number of hydrogen-bond donors (Lipinski definition) is 1. The van der Waals surface area contributed by atoms with Gasteiger partial charge in [-0.25, -0.2) is 8.42 Å². The maximum atomic E-state index is 12.9. The van der Waals surface area contributed by atoms with Gasteiger partial charge in [-0.3, -0.25) is 4.68 Å². The molecule has 1 aromatic heterocycles. The van der Waals surface area contributed by atoms with Crippen LogP contribution in [0.2, 0.25) is 0 Å². The van der Waals surface area contributed by atoms with Crippen LogP contribution in [0, 0.1) is 0 Å². The van der Waals surface area contributed by atoms with Crippen LogP contribution in [0.25, 0.3) is 0 Å². The molecule has 1 aromatic carbocycles. The lowest BCUT2D eigenvalue weighted by molar-refractivity contribution is 0.549. The van der Waals surface area contributed by atoms with Crippen molar-refractivity contribution in [1.82, 2.24) is 9.78 Å². The maximum absolute atomic E-state index is 12.9. The number of sulfone groups is 1. The average molecular weight is 321 g/mol. The first-order chi connectivity index (χ1) is 10.2. The summed E-state index contributed by atoms with van der Waals surface area (Å²) in [5, 5.41) is 3.65. The zero-order chi connectivity index (χ0) is 16.5. The Balaban J connectivity index is 2.52. The molecule has 0 radical (unpaired) electrons. The molecule has 0 saturated heterocycles. The van der Waals surface area contributed by atoms with Gasteiger partial charge >= 0.3 is 0 Å². The maximum Gasteiger partial charge on any atom is 0.188 e. The molecule has 0 spiro atoms. The highest BCUT2D eigenvalue weighted by Gasteiger charge is 2.32. The number of aryl methyl sites for hydroxylation is 1. The Morgan fingerprint density at radius 1 is 1.23 bits per heavy atom. The number of nitrogens with zero attached hydrogens (tertiary/aromatic N) is 2. The van der Waals surface area contributed by atoms with Gasteiger partial charge in [-0.15, -0.1) is 0 Å². The average Bonchev–Trinajstić information content (AvgIpc) is 2.82. The first-order valence-corrected chi connectivity index (χ1v) is 8.76. The second-order valence-electron chi connectivity index (χ2n) is 6.41. The molecule has 0 fully saturated rings. The number of nitrogens with two attached hydrogens (primary N) is 1. The minimum Gasteiger partial charge on any atom is -0.329 e. The lowest BCUT2D eigenvalue weighted by atomic mass is 9.92. The molecular weight excluding hydrogens is 298 g/mol. The summed E-state index contributed by atoms with van der Waals surface area (Å²) in [5.41, 5.74) is 7.12. The molecule has 0 aliphatic carbocycles. The number of benzene rings is 1. The van der Waals surface area contributed by atoms with E-state index in [9.17, 15) is 8.42 Å². The van der Waals surface area contributed by atoms with Gasteiger partial charge in [0.1, 0.15) is 5.25 Å². The monoisotopic (exact) mass is 321 g/mol. The van der Waals surface area contributed by atoms with E-state index < -0.39 is 15.1 Å². The molecule has 2 aromatic rings. The van der Waals surface area contributed by atoms with Crippen molar-refractivity contribution in [3.05, 3.63) is 47.8 Å². The van der Waals surface area contributed by atoms with Crippen molar-refractivity contribution < 1.29 is 8.42 Å². The van der Waals surface area contributed by atoms with Crippen molar-refractivity contribution in [3.8, 4) is 0 Å². The third-order valence-electron chi connectivity index (χ3n) is 3.67. The van der Waals surface area contributed by atoms with Gasteiger partial charge < -0.3 is 5.73 Å². The Morgan fingerprint density at radius 3 is 2.27 bits per heavy atom. The third-order valence-corrected chi connectivity index (χ3v) is 5.79. The van der Waals surface area contributed by atoms with E-state index >= 15 is 0 Å². The van der Waals surface area contributed by atoms with E-state index in [0.29, 0.717) is 5.69 Å². The van der Waals surface area contributed by atoms with Gasteiger partial charge in [-0.05, 0) is 18.2 Å². The molecule has 0 amide bonds. The van der Waals surface area contributed by atoms with Crippen LogP contribution in [0.15, 0.2) is 41.3 Å². The molecule has 0 aliphatic rings. The van der Waals surface area contributed by atoms with Gasteiger partial charge in [0.2, 0.25) is 0 Å². The highest BCUT2D eigenvalue weighted by atomic mass is 32.2. The fourth-order valence-electron chi connectivity index (χ4n) is 2.33. The second-order valence-corrected chi connectivity index (χ2v) is 8.54. The quantitative estimate of drug-likeness (QED) is 0.936. The van der Waals surface area contributed by atoms with Gasteiger partial charge in [-0.1, -0.05) is 39.0 Å². The Labute approximate surface area is 132 Å². The molecule has 0 bridgehead atoms. The van der Waals surface area contributed by atoms with Gasteiger partial charge in [0.15, 0.2) is 9.84 Å². The molecule has 0 aliphatic heterocycles. The summed E-state index contributed by atoms with van der Waals surface area (Å²) < 4.78 is 27.3. The van der Waals surface area contributed by atoms with Gasteiger partial charge in [-0.2, -0.15) is 5.10 Å². The largest absolute Gasteiger partial charge is 0.329 e. The SMILES string of the molecule is Cn1nc(C(C)(C)C)cc1C(CN)S(=O)(=O)c1ccccc1. The highest BCUT2D eigenvalue weighted by molar-refractivity contribution is 7.91. The van der Waals surface area contributed by atoms with Crippen molar-refractivity contribution in [3.63, 3.8) is 0 Å². The number of rotatable bonds is 4.